The second kappa shape index (κ2) is 5.10. The minimum Gasteiger partial charge on any atom is -0.505 e. The van der Waals surface area contributed by atoms with Crippen molar-refractivity contribution in [2.75, 3.05) is 14.2 Å². The molecule has 1 heterocycles. The fourth-order valence-corrected chi connectivity index (χ4v) is 2.59. The van der Waals surface area contributed by atoms with Crippen molar-refractivity contribution in [3.63, 3.8) is 0 Å². The van der Waals surface area contributed by atoms with Crippen molar-refractivity contribution in [2.45, 2.75) is 0 Å². The number of carbonyl (C=O) groups excluding carboxylic acids is 1. The van der Waals surface area contributed by atoms with Gasteiger partial charge in [0, 0.05) is 0 Å². The van der Waals surface area contributed by atoms with Gasteiger partial charge in [0.2, 0.25) is 0 Å². The number of thiophene rings is 1. The summed E-state index contributed by atoms with van der Waals surface area (Å²) in [5.41, 5.74) is 1.31. The molecule has 0 unspecified atom stereocenters. The molecule has 1 N–H and O–H groups in total. The molecule has 5 heteroatoms. The minimum atomic E-state index is -0.571. The summed E-state index contributed by atoms with van der Waals surface area (Å²) in [5.74, 6) is -0.673. The molecule has 0 saturated carbocycles. The maximum absolute atomic E-state index is 11.5. The number of methoxy groups -OCH3 is 2. The van der Waals surface area contributed by atoms with Crippen LogP contribution in [0.25, 0.3) is 11.1 Å². The molecule has 2 rings (SSSR count). The first-order valence-corrected chi connectivity index (χ1v) is 6.04. The average molecular weight is 264 g/mol. The van der Waals surface area contributed by atoms with Crippen molar-refractivity contribution >= 4 is 17.3 Å². The number of benzene rings is 1. The molecule has 2 aromatic rings. The van der Waals surface area contributed by atoms with Gasteiger partial charge >= 0.3 is 5.97 Å². The first kappa shape index (κ1) is 12.4. The molecule has 0 saturated heterocycles. The van der Waals surface area contributed by atoms with Gasteiger partial charge in [0.05, 0.1) is 19.8 Å². The summed E-state index contributed by atoms with van der Waals surface area (Å²) in [5, 5.41) is 10.6. The highest BCUT2D eigenvalue weighted by atomic mass is 32.1. The molecule has 0 aliphatic carbocycles. The van der Waals surface area contributed by atoms with Crippen LogP contribution in [0.5, 0.6) is 10.8 Å². The molecule has 0 aliphatic heterocycles. The van der Waals surface area contributed by atoms with E-state index in [0.717, 1.165) is 16.9 Å². The zero-order valence-corrected chi connectivity index (χ0v) is 10.8. The summed E-state index contributed by atoms with van der Waals surface area (Å²) < 4.78 is 9.83. The van der Waals surface area contributed by atoms with Gasteiger partial charge in [0.15, 0.2) is 15.7 Å². The highest BCUT2D eigenvalue weighted by Crippen LogP contribution is 2.47. The van der Waals surface area contributed by atoms with Crippen molar-refractivity contribution in [3.8, 4) is 21.9 Å². The maximum Gasteiger partial charge on any atom is 0.352 e. The molecule has 94 valence electrons. The number of ether oxygens (including phenoxy) is 2. The van der Waals surface area contributed by atoms with Gasteiger partial charge in [-0.25, -0.2) is 4.79 Å². The lowest BCUT2D eigenvalue weighted by atomic mass is 10.1. The zero-order valence-electron chi connectivity index (χ0n) is 9.97. The van der Waals surface area contributed by atoms with Crippen LogP contribution in [0.15, 0.2) is 30.3 Å². The number of hydrogen-bond acceptors (Lipinski definition) is 5. The van der Waals surface area contributed by atoms with Gasteiger partial charge < -0.3 is 14.6 Å². The molecule has 0 amide bonds. The highest BCUT2D eigenvalue weighted by molar-refractivity contribution is 7.16. The van der Waals surface area contributed by atoms with E-state index in [1.165, 1.54) is 14.2 Å². The molecule has 0 bridgehead atoms. The zero-order chi connectivity index (χ0) is 13.1. The maximum atomic E-state index is 11.5. The van der Waals surface area contributed by atoms with Crippen LogP contribution in [0.2, 0.25) is 0 Å². The molecule has 0 spiro atoms. The predicted octanol–water partition coefficient (Wildman–Crippen LogP) is 2.92. The Bertz CT molecular complexity index is 560. The van der Waals surface area contributed by atoms with E-state index in [9.17, 15) is 9.90 Å². The van der Waals surface area contributed by atoms with Gasteiger partial charge in [-0.3, -0.25) is 0 Å². The molecule has 0 radical (unpaired) electrons. The van der Waals surface area contributed by atoms with Gasteiger partial charge in [-0.1, -0.05) is 41.7 Å². The monoisotopic (exact) mass is 264 g/mol. The van der Waals surface area contributed by atoms with Crippen molar-refractivity contribution in [1.29, 1.82) is 0 Å². The van der Waals surface area contributed by atoms with Gasteiger partial charge in [-0.2, -0.15) is 0 Å². The molecule has 0 fully saturated rings. The number of rotatable bonds is 3. The van der Waals surface area contributed by atoms with E-state index in [0.29, 0.717) is 10.6 Å². The molecular weight excluding hydrogens is 252 g/mol. The number of esters is 1. The van der Waals surface area contributed by atoms with Crippen LogP contribution in [0.1, 0.15) is 9.67 Å². The first-order chi connectivity index (χ1) is 8.69. The van der Waals surface area contributed by atoms with Gasteiger partial charge in [0.1, 0.15) is 0 Å². The van der Waals surface area contributed by atoms with E-state index in [4.69, 9.17) is 4.74 Å². The summed E-state index contributed by atoms with van der Waals surface area (Å²) in [6.07, 6.45) is 0. The Morgan fingerprint density at radius 3 is 2.44 bits per heavy atom. The van der Waals surface area contributed by atoms with Gasteiger partial charge in [-0.15, -0.1) is 0 Å². The van der Waals surface area contributed by atoms with Crippen LogP contribution in [0.4, 0.5) is 0 Å². The fourth-order valence-electron chi connectivity index (χ4n) is 1.64. The minimum absolute atomic E-state index is 0.102. The SMILES string of the molecule is COC(=O)c1sc(OC)c(-c2ccccc2)c1O. The van der Waals surface area contributed by atoms with Gasteiger partial charge in [0.25, 0.3) is 0 Å². The van der Waals surface area contributed by atoms with E-state index >= 15 is 0 Å². The van der Waals surface area contributed by atoms with Crippen LogP contribution in [0, 0.1) is 0 Å². The summed E-state index contributed by atoms with van der Waals surface area (Å²) in [7, 11) is 2.77. The third-order valence-electron chi connectivity index (χ3n) is 2.47. The summed E-state index contributed by atoms with van der Waals surface area (Å²) in [6.45, 7) is 0. The number of carbonyl (C=O) groups is 1. The average Bonchev–Trinajstić information content (AvgIpc) is 2.75. The van der Waals surface area contributed by atoms with E-state index in [-0.39, 0.29) is 10.6 Å². The standard InChI is InChI=1S/C13H12O4S/c1-16-12(15)11-10(14)9(13(17-2)18-11)8-6-4-3-5-7-8/h3-7,14H,1-2H3. The molecule has 0 atom stereocenters. The Balaban J connectivity index is 2.60. The lowest BCUT2D eigenvalue weighted by Gasteiger charge is -2.03. The van der Waals surface area contributed by atoms with E-state index in [1.54, 1.807) is 0 Å². The Hall–Kier alpha value is -2.01. The Labute approximate surface area is 108 Å². The molecule has 4 nitrogen and oxygen atoms in total. The van der Waals surface area contributed by atoms with E-state index < -0.39 is 5.97 Å². The molecule has 1 aromatic carbocycles. The Morgan fingerprint density at radius 1 is 1.22 bits per heavy atom. The van der Waals surface area contributed by atoms with Gasteiger partial charge in [-0.05, 0) is 5.56 Å². The second-order valence-corrected chi connectivity index (χ2v) is 4.49. The molecular formula is C13H12O4S. The third kappa shape index (κ3) is 2.04. The van der Waals surface area contributed by atoms with Crippen molar-refractivity contribution < 1.29 is 19.4 Å². The topological polar surface area (TPSA) is 55.8 Å². The second-order valence-electron chi connectivity index (χ2n) is 3.50. The lowest BCUT2D eigenvalue weighted by Crippen LogP contribution is -1.97. The van der Waals surface area contributed by atoms with Crippen LogP contribution in [0.3, 0.4) is 0 Å². The van der Waals surface area contributed by atoms with Crippen molar-refractivity contribution in [1.82, 2.24) is 0 Å². The summed E-state index contributed by atoms with van der Waals surface area (Å²) in [6, 6.07) is 9.25. The van der Waals surface area contributed by atoms with Crippen molar-refractivity contribution in [3.05, 3.63) is 35.2 Å². The lowest BCUT2D eigenvalue weighted by molar-refractivity contribution is 0.0603. The highest BCUT2D eigenvalue weighted by Gasteiger charge is 2.24. The van der Waals surface area contributed by atoms with Crippen molar-refractivity contribution in [2.24, 2.45) is 0 Å². The van der Waals surface area contributed by atoms with Crippen LogP contribution in [-0.2, 0) is 4.74 Å². The quantitative estimate of drug-likeness (QED) is 0.866. The van der Waals surface area contributed by atoms with E-state index in [1.807, 2.05) is 30.3 Å². The Kier molecular flexibility index (Phi) is 3.53. The largest absolute Gasteiger partial charge is 0.505 e. The Morgan fingerprint density at radius 2 is 1.89 bits per heavy atom. The molecule has 1 aromatic heterocycles. The van der Waals surface area contributed by atoms with Crippen LogP contribution in [-0.4, -0.2) is 25.3 Å². The summed E-state index contributed by atoms with van der Waals surface area (Å²) >= 11 is 1.07. The third-order valence-corrected chi connectivity index (χ3v) is 3.59. The van der Waals surface area contributed by atoms with E-state index in [2.05, 4.69) is 4.74 Å². The molecule has 18 heavy (non-hydrogen) atoms. The number of hydrogen-bond donors (Lipinski definition) is 1. The van der Waals surface area contributed by atoms with Crippen LogP contribution >= 0.6 is 11.3 Å². The summed E-state index contributed by atoms with van der Waals surface area (Å²) in [4.78, 5) is 11.7. The fraction of sp³-hybridized carbons (Fsp3) is 0.154. The number of aromatic hydroxyl groups is 1. The smallest absolute Gasteiger partial charge is 0.352 e. The first-order valence-electron chi connectivity index (χ1n) is 5.22. The molecule has 0 aliphatic rings. The predicted molar refractivity (Wildman–Crippen MR) is 69.3 cm³/mol. The normalized spacial score (nSPS) is 10.1. The van der Waals surface area contributed by atoms with Crippen LogP contribution < -0.4 is 4.74 Å².